The van der Waals surface area contributed by atoms with Crippen LogP contribution in [0.15, 0.2) is 34.2 Å². The number of sulfonamides is 1. The highest BCUT2D eigenvalue weighted by atomic mass is 32.2. The molecule has 0 spiro atoms. The predicted molar refractivity (Wildman–Crippen MR) is 98.6 cm³/mol. The van der Waals surface area contributed by atoms with Gasteiger partial charge in [0, 0.05) is 11.6 Å². The quantitative estimate of drug-likeness (QED) is 0.699. The van der Waals surface area contributed by atoms with Crippen molar-refractivity contribution in [2.75, 3.05) is 0 Å². The Bertz CT molecular complexity index is 890. The summed E-state index contributed by atoms with van der Waals surface area (Å²) in [5.41, 5.74) is 0.412. The largest absolute Gasteiger partial charge is 0.451 e. The maximum Gasteiger partial charge on any atom is 0.331 e. The van der Waals surface area contributed by atoms with Gasteiger partial charge in [-0.25, -0.2) is 13.2 Å². The van der Waals surface area contributed by atoms with Crippen LogP contribution in [0.1, 0.15) is 39.2 Å². The van der Waals surface area contributed by atoms with Gasteiger partial charge >= 0.3 is 5.97 Å². The number of ether oxygens (including phenoxy) is 1. The van der Waals surface area contributed by atoms with Crippen LogP contribution in [0.25, 0.3) is 0 Å². The van der Waals surface area contributed by atoms with Gasteiger partial charge < -0.3 is 10.1 Å². The van der Waals surface area contributed by atoms with Crippen molar-refractivity contribution < 1.29 is 22.7 Å². The Labute approximate surface area is 158 Å². The zero-order chi connectivity index (χ0) is 19.8. The van der Waals surface area contributed by atoms with Crippen molar-refractivity contribution >= 4 is 27.7 Å². The van der Waals surface area contributed by atoms with Crippen LogP contribution in [0.4, 0.5) is 0 Å². The van der Waals surface area contributed by atoms with Crippen LogP contribution in [0.5, 0.6) is 0 Å². The van der Waals surface area contributed by atoms with E-state index in [0.29, 0.717) is 5.56 Å². The molecule has 27 heavy (non-hydrogen) atoms. The highest BCUT2D eigenvalue weighted by Gasteiger charge is 2.34. The maximum atomic E-state index is 12.6. The molecule has 1 heterocycles. The molecule has 3 rings (SSSR count). The first-order valence-electron chi connectivity index (χ1n) is 8.90. The molecule has 2 aliphatic rings. The highest BCUT2D eigenvalue weighted by molar-refractivity contribution is 7.90. The summed E-state index contributed by atoms with van der Waals surface area (Å²) in [5.74, 6) is -1.15. The number of nitrogens with zero attached hydrogens (tertiary/aromatic N) is 1. The second-order valence-electron chi connectivity index (χ2n) is 7.13. The first-order chi connectivity index (χ1) is 12.7. The number of hydrogen-bond donors (Lipinski definition) is 2. The van der Waals surface area contributed by atoms with Crippen molar-refractivity contribution in [3.63, 3.8) is 0 Å². The zero-order valence-corrected chi connectivity index (χ0v) is 16.2. The standard InChI is InChI=1S/C18H23N3O5S/c1-10(2)15(18(23)26-11(3)17(22)19-12-8-9-12)20-16-13-6-4-5-7-14(13)27(24,25)21-16/h4-7,10-12,15H,8-9H2,1-3H3,(H,19,22)(H,20,21)/t11-,15+/m1/s1. The topological polar surface area (TPSA) is 114 Å². The Morgan fingerprint density at radius 3 is 2.52 bits per heavy atom. The molecule has 146 valence electrons. The van der Waals surface area contributed by atoms with Crippen LogP contribution < -0.4 is 10.0 Å². The lowest BCUT2D eigenvalue weighted by Gasteiger charge is -2.19. The normalized spacial score (nSPS) is 21.3. The molecule has 1 saturated carbocycles. The Hall–Kier alpha value is -2.42. The molecule has 0 radical (unpaired) electrons. The first kappa shape index (κ1) is 19.3. The van der Waals surface area contributed by atoms with E-state index in [4.69, 9.17) is 4.74 Å². The average molecular weight is 393 g/mol. The molecule has 1 aliphatic heterocycles. The van der Waals surface area contributed by atoms with E-state index in [2.05, 4.69) is 15.0 Å². The number of amidine groups is 1. The van der Waals surface area contributed by atoms with Crippen molar-refractivity contribution in [3.05, 3.63) is 29.8 Å². The fourth-order valence-electron chi connectivity index (χ4n) is 2.69. The molecule has 0 bridgehead atoms. The minimum absolute atomic E-state index is 0.108. The average Bonchev–Trinajstić information content (AvgIpc) is 3.37. The van der Waals surface area contributed by atoms with E-state index in [1.165, 1.54) is 13.0 Å². The van der Waals surface area contributed by atoms with E-state index in [9.17, 15) is 18.0 Å². The van der Waals surface area contributed by atoms with Gasteiger partial charge in [-0.05, 0) is 37.8 Å². The third kappa shape index (κ3) is 4.29. The van der Waals surface area contributed by atoms with Crippen molar-refractivity contribution in [1.29, 1.82) is 0 Å². The van der Waals surface area contributed by atoms with E-state index in [1.54, 1.807) is 32.0 Å². The van der Waals surface area contributed by atoms with Crippen molar-refractivity contribution in [2.45, 2.75) is 56.7 Å². The number of esters is 1. The summed E-state index contributed by atoms with van der Waals surface area (Å²) in [7, 11) is -3.69. The third-order valence-electron chi connectivity index (χ3n) is 4.39. The number of hydrogen-bond acceptors (Lipinski definition) is 6. The van der Waals surface area contributed by atoms with E-state index < -0.39 is 28.1 Å². The van der Waals surface area contributed by atoms with Crippen LogP contribution in [-0.2, 0) is 24.3 Å². The molecule has 1 fully saturated rings. The Morgan fingerprint density at radius 2 is 1.89 bits per heavy atom. The molecule has 8 nitrogen and oxygen atoms in total. The summed E-state index contributed by atoms with van der Waals surface area (Å²) in [6.07, 6.45) is 0.940. The van der Waals surface area contributed by atoms with Crippen molar-refractivity contribution in [1.82, 2.24) is 10.0 Å². The van der Waals surface area contributed by atoms with Crippen molar-refractivity contribution in [2.24, 2.45) is 10.9 Å². The first-order valence-corrected chi connectivity index (χ1v) is 10.4. The number of nitrogens with one attached hydrogen (secondary N) is 2. The summed E-state index contributed by atoms with van der Waals surface area (Å²) in [6.45, 7) is 5.06. The molecular formula is C18H23N3O5S. The molecule has 2 atom stereocenters. The highest BCUT2D eigenvalue weighted by Crippen LogP contribution is 2.24. The van der Waals surface area contributed by atoms with Gasteiger partial charge in [0.25, 0.3) is 15.9 Å². The maximum absolute atomic E-state index is 12.6. The molecule has 1 aromatic rings. The smallest absolute Gasteiger partial charge is 0.331 e. The SMILES string of the molecule is CC(C)[C@H](N=C1NS(=O)(=O)c2ccccc21)C(=O)O[C@H](C)C(=O)NC1CC1. The van der Waals surface area contributed by atoms with Gasteiger partial charge in [-0.2, -0.15) is 0 Å². The summed E-state index contributed by atoms with van der Waals surface area (Å²) in [5, 5.41) is 2.78. The number of aliphatic imine (C=N–C) groups is 1. The van der Waals surface area contributed by atoms with Gasteiger partial charge in [0.2, 0.25) is 0 Å². The van der Waals surface area contributed by atoms with E-state index >= 15 is 0 Å². The molecule has 1 aromatic carbocycles. The van der Waals surface area contributed by atoms with Gasteiger partial charge in [0.1, 0.15) is 5.84 Å². The monoisotopic (exact) mass is 393 g/mol. The Balaban J connectivity index is 1.79. The van der Waals surface area contributed by atoms with Crippen LogP contribution in [-0.4, -0.2) is 44.3 Å². The fraction of sp³-hybridized carbons (Fsp3) is 0.500. The van der Waals surface area contributed by atoms with E-state index in [0.717, 1.165) is 12.8 Å². The molecule has 1 amide bonds. The zero-order valence-electron chi connectivity index (χ0n) is 15.4. The lowest BCUT2D eigenvalue weighted by Crippen LogP contribution is -2.40. The molecular weight excluding hydrogens is 370 g/mol. The molecule has 1 aliphatic carbocycles. The summed E-state index contributed by atoms with van der Waals surface area (Å²) in [4.78, 5) is 29.0. The van der Waals surface area contributed by atoms with E-state index in [1.807, 2.05) is 0 Å². The van der Waals surface area contributed by atoms with Gasteiger partial charge in [-0.3, -0.25) is 14.5 Å². The number of rotatable bonds is 6. The summed E-state index contributed by atoms with van der Waals surface area (Å²) in [6, 6.07) is 5.65. The van der Waals surface area contributed by atoms with Crippen molar-refractivity contribution in [3.8, 4) is 0 Å². The number of carbonyl (C=O) groups excluding carboxylic acids is 2. The summed E-state index contributed by atoms with van der Waals surface area (Å²) >= 11 is 0. The third-order valence-corrected chi connectivity index (χ3v) is 5.79. The van der Waals surface area contributed by atoms with E-state index in [-0.39, 0.29) is 28.6 Å². The second-order valence-corrected chi connectivity index (χ2v) is 8.78. The summed E-state index contributed by atoms with van der Waals surface area (Å²) < 4.78 is 32.1. The van der Waals surface area contributed by atoms with Crippen LogP contribution in [0, 0.1) is 5.92 Å². The lowest BCUT2D eigenvalue weighted by molar-refractivity contribution is -0.156. The predicted octanol–water partition coefficient (Wildman–Crippen LogP) is 0.960. The van der Waals surface area contributed by atoms with Crippen LogP contribution in [0.2, 0.25) is 0 Å². The van der Waals surface area contributed by atoms with Gasteiger partial charge in [-0.1, -0.05) is 26.0 Å². The molecule has 0 saturated heterocycles. The van der Waals surface area contributed by atoms with Gasteiger partial charge in [0.05, 0.1) is 4.90 Å². The van der Waals surface area contributed by atoms with Crippen LogP contribution in [0.3, 0.4) is 0 Å². The number of carbonyl (C=O) groups is 2. The fourth-order valence-corrected chi connectivity index (χ4v) is 3.93. The molecule has 9 heteroatoms. The molecule has 0 unspecified atom stereocenters. The van der Waals surface area contributed by atoms with Gasteiger partial charge in [-0.15, -0.1) is 0 Å². The number of fused-ring (bicyclic) bond motifs is 1. The number of amides is 1. The Kier molecular flexibility index (Phi) is 5.23. The minimum Gasteiger partial charge on any atom is -0.451 e. The second kappa shape index (κ2) is 7.30. The Morgan fingerprint density at radius 1 is 1.22 bits per heavy atom. The molecule has 2 N–H and O–H groups in total. The minimum atomic E-state index is -3.69. The molecule has 0 aromatic heterocycles. The lowest BCUT2D eigenvalue weighted by atomic mass is 10.0. The number of benzene rings is 1. The van der Waals surface area contributed by atoms with Gasteiger partial charge in [0.15, 0.2) is 12.1 Å². The van der Waals surface area contributed by atoms with Crippen LogP contribution >= 0.6 is 0 Å².